The average Bonchev–Trinajstić information content (AvgIpc) is 2.37. The van der Waals surface area contributed by atoms with E-state index >= 15 is 0 Å². The standard InChI is InChI=1S/C13H16O4/c1-15-8-9-17-13-6-5-12(16-2)10-11(13)4-3-7-14/h5-6,10,14H,7-9H2,1-2H3. The molecule has 92 valence electrons. The lowest BCUT2D eigenvalue weighted by Gasteiger charge is -2.09. The molecule has 0 atom stereocenters. The van der Waals surface area contributed by atoms with Gasteiger partial charge in [0.1, 0.15) is 24.7 Å². The smallest absolute Gasteiger partial charge is 0.135 e. The van der Waals surface area contributed by atoms with Gasteiger partial charge >= 0.3 is 0 Å². The highest BCUT2D eigenvalue weighted by Crippen LogP contribution is 2.23. The lowest BCUT2D eigenvalue weighted by molar-refractivity contribution is 0.146. The minimum Gasteiger partial charge on any atom is -0.497 e. The number of aliphatic hydroxyl groups is 1. The van der Waals surface area contributed by atoms with Crippen LogP contribution in [0.1, 0.15) is 5.56 Å². The van der Waals surface area contributed by atoms with Gasteiger partial charge in [0.25, 0.3) is 0 Å². The van der Waals surface area contributed by atoms with E-state index in [0.717, 1.165) is 0 Å². The first-order valence-electron chi connectivity index (χ1n) is 5.21. The molecule has 0 bridgehead atoms. The van der Waals surface area contributed by atoms with Gasteiger partial charge in [-0.25, -0.2) is 0 Å². The quantitative estimate of drug-likeness (QED) is 0.613. The van der Waals surface area contributed by atoms with Crippen molar-refractivity contribution in [2.45, 2.75) is 0 Å². The van der Waals surface area contributed by atoms with Crippen molar-refractivity contribution in [3.8, 4) is 23.3 Å². The highest BCUT2D eigenvalue weighted by atomic mass is 16.5. The van der Waals surface area contributed by atoms with Crippen molar-refractivity contribution in [2.75, 3.05) is 34.0 Å². The van der Waals surface area contributed by atoms with Crippen LogP contribution in [0.5, 0.6) is 11.5 Å². The Bertz CT molecular complexity index is 404. The zero-order chi connectivity index (χ0) is 12.5. The second-order valence-electron chi connectivity index (χ2n) is 3.16. The fourth-order valence-corrected chi connectivity index (χ4v) is 1.23. The maximum Gasteiger partial charge on any atom is 0.135 e. The number of benzene rings is 1. The van der Waals surface area contributed by atoms with Gasteiger partial charge in [0.2, 0.25) is 0 Å². The number of ether oxygens (including phenoxy) is 3. The zero-order valence-electron chi connectivity index (χ0n) is 10.0. The summed E-state index contributed by atoms with van der Waals surface area (Å²) < 4.78 is 15.5. The van der Waals surface area contributed by atoms with Crippen LogP contribution in [0.25, 0.3) is 0 Å². The van der Waals surface area contributed by atoms with Gasteiger partial charge in [-0.05, 0) is 18.2 Å². The molecule has 0 aliphatic heterocycles. The van der Waals surface area contributed by atoms with Crippen LogP contribution in [0.4, 0.5) is 0 Å². The highest BCUT2D eigenvalue weighted by molar-refractivity contribution is 5.50. The van der Waals surface area contributed by atoms with Gasteiger partial charge in [-0.3, -0.25) is 0 Å². The van der Waals surface area contributed by atoms with Gasteiger partial charge in [0.15, 0.2) is 0 Å². The van der Waals surface area contributed by atoms with E-state index in [9.17, 15) is 0 Å². The maximum atomic E-state index is 8.69. The predicted octanol–water partition coefficient (Wildman–Crippen LogP) is 1.06. The Hall–Kier alpha value is -1.70. The topological polar surface area (TPSA) is 47.9 Å². The third kappa shape index (κ3) is 4.35. The molecule has 1 rings (SSSR count). The Morgan fingerprint density at radius 1 is 1.24 bits per heavy atom. The van der Waals surface area contributed by atoms with Crippen LogP contribution in [-0.2, 0) is 4.74 Å². The summed E-state index contributed by atoms with van der Waals surface area (Å²) in [6, 6.07) is 5.35. The van der Waals surface area contributed by atoms with Crippen molar-refractivity contribution in [1.82, 2.24) is 0 Å². The van der Waals surface area contributed by atoms with Gasteiger partial charge in [-0.2, -0.15) is 0 Å². The number of methoxy groups -OCH3 is 2. The number of hydrogen-bond donors (Lipinski definition) is 1. The summed E-state index contributed by atoms with van der Waals surface area (Å²) in [7, 11) is 3.20. The molecule has 1 N–H and O–H groups in total. The SMILES string of the molecule is COCCOc1ccc(OC)cc1C#CCO. The van der Waals surface area contributed by atoms with Crippen molar-refractivity contribution in [2.24, 2.45) is 0 Å². The normalized spacial score (nSPS) is 9.35. The van der Waals surface area contributed by atoms with Gasteiger partial charge in [0, 0.05) is 7.11 Å². The van der Waals surface area contributed by atoms with E-state index in [1.807, 2.05) is 0 Å². The molecule has 0 spiro atoms. The highest BCUT2D eigenvalue weighted by Gasteiger charge is 2.03. The summed E-state index contributed by atoms with van der Waals surface area (Å²) in [5.74, 6) is 6.76. The van der Waals surface area contributed by atoms with Crippen LogP contribution in [0.2, 0.25) is 0 Å². The molecule has 1 aromatic rings. The van der Waals surface area contributed by atoms with Crippen LogP contribution >= 0.6 is 0 Å². The Kier molecular flexibility index (Phi) is 5.94. The summed E-state index contributed by atoms with van der Waals surface area (Å²) >= 11 is 0. The van der Waals surface area contributed by atoms with E-state index in [0.29, 0.717) is 30.3 Å². The van der Waals surface area contributed by atoms with Crippen LogP contribution in [-0.4, -0.2) is 39.1 Å². The fraction of sp³-hybridized carbons (Fsp3) is 0.385. The van der Waals surface area contributed by atoms with Crippen molar-refractivity contribution < 1.29 is 19.3 Å². The van der Waals surface area contributed by atoms with Crippen molar-refractivity contribution in [1.29, 1.82) is 0 Å². The first kappa shape index (κ1) is 13.4. The number of aliphatic hydroxyl groups excluding tert-OH is 1. The van der Waals surface area contributed by atoms with Gasteiger partial charge in [-0.1, -0.05) is 11.8 Å². The van der Waals surface area contributed by atoms with E-state index < -0.39 is 0 Å². The molecule has 0 unspecified atom stereocenters. The molecule has 0 amide bonds. The summed E-state index contributed by atoms with van der Waals surface area (Å²) in [5.41, 5.74) is 0.689. The van der Waals surface area contributed by atoms with Gasteiger partial charge < -0.3 is 19.3 Å². The lowest BCUT2D eigenvalue weighted by Crippen LogP contribution is -2.05. The van der Waals surface area contributed by atoms with E-state index in [1.165, 1.54) is 0 Å². The molecule has 0 aliphatic carbocycles. The number of rotatable bonds is 5. The second kappa shape index (κ2) is 7.55. The fourth-order valence-electron chi connectivity index (χ4n) is 1.23. The number of hydrogen-bond acceptors (Lipinski definition) is 4. The molecule has 0 heterocycles. The first-order chi connectivity index (χ1) is 8.31. The molecule has 4 heteroatoms. The molecular formula is C13H16O4. The minimum absolute atomic E-state index is 0.186. The van der Waals surface area contributed by atoms with Crippen molar-refractivity contribution in [3.05, 3.63) is 23.8 Å². The Balaban J connectivity index is 2.86. The lowest BCUT2D eigenvalue weighted by atomic mass is 10.2. The molecule has 0 aromatic heterocycles. The van der Waals surface area contributed by atoms with E-state index in [2.05, 4.69) is 11.8 Å². The molecule has 17 heavy (non-hydrogen) atoms. The summed E-state index contributed by atoms with van der Waals surface area (Å²) in [6.07, 6.45) is 0. The first-order valence-corrected chi connectivity index (χ1v) is 5.21. The van der Waals surface area contributed by atoms with E-state index in [1.54, 1.807) is 32.4 Å². The molecule has 0 radical (unpaired) electrons. The molecule has 1 aromatic carbocycles. The molecule has 4 nitrogen and oxygen atoms in total. The monoisotopic (exact) mass is 236 g/mol. The molecular weight excluding hydrogens is 220 g/mol. The maximum absolute atomic E-state index is 8.69. The average molecular weight is 236 g/mol. The Morgan fingerprint density at radius 3 is 2.71 bits per heavy atom. The Labute approximate surface area is 101 Å². The third-order valence-corrected chi connectivity index (χ3v) is 2.03. The molecule has 0 saturated carbocycles. The largest absolute Gasteiger partial charge is 0.497 e. The van der Waals surface area contributed by atoms with Gasteiger partial charge in [0.05, 0.1) is 19.3 Å². The summed E-state index contributed by atoms with van der Waals surface area (Å²) in [5, 5.41) is 8.69. The van der Waals surface area contributed by atoms with Gasteiger partial charge in [-0.15, -0.1) is 0 Å². The minimum atomic E-state index is -0.186. The van der Waals surface area contributed by atoms with E-state index in [-0.39, 0.29) is 6.61 Å². The van der Waals surface area contributed by atoms with Crippen LogP contribution < -0.4 is 9.47 Å². The third-order valence-electron chi connectivity index (χ3n) is 2.03. The van der Waals surface area contributed by atoms with Crippen LogP contribution in [0.3, 0.4) is 0 Å². The van der Waals surface area contributed by atoms with E-state index in [4.69, 9.17) is 19.3 Å². The summed E-state index contributed by atoms with van der Waals surface area (Å²) in [6.45, 7) is 0.782. The zero-order valence-corrected chi connectivity index (χ0v) is 10.0. The van der Waals surface area contributed by atoms with Crippen LogP contribution in [0.15, 0.2) is 18.2 Å². The molecule has 0 saturated heterocycles. The molecule has 0 fully saturated rings. The summed E-state index contributed by atoms with van der Waals surface area (Å²) in [4.78, 5) is 0. The van der Waals surface area contributed by atoms with Crippen LogP contribution in [0, 0.1) is 11.8 Å². The molecule has 0 aliphatic rings. The predicted molar refractivity (Wildman–Crippen MR) is 64.3 cm³/mol. The van der Waals surface area contributed by atoms with Crippen molar-refractivity contribution >= 4 is 0 Å². The second-order valence-corrected chi connectivity index (χ2v) is 3.16. The van der Waals surface area contributed by atoms with Crippen molar-refractivity contribution in [3.63, 3.8) is 0 Å². The Morgan fingerprint density at radius 2 is 2.06 bits per heavy atom.